The van der Waals surface area contributed by atoms with Gasteiger partial charge in [0, 0.05) is 6.42 Å². The zero-order valence-electron chi connectivity index (χ0n) is 16.1. The van der Waals surface area contributed by atoms with Gasteiger partial charge in [-0.15, -0.1) is 0 Å². The van der Waals surface area contributed by atoms with Crippen molar-refractivity contribution in [3.63, 3.8) is 0 Å². The Kier molecular flexibility index (Phi) is 6.81. The molecule has 0 bridgehead atoms. The van der Waals surface area contributed by atoms with Crippen molar-refractivity contribution < 1.29 is 14.0 Å². The maximum atomic E-state index is 11.3. The Hall–Kier alpha value is -2.33. The largest absolute Gasteiger partial charge is 0.540 e. The molecule has 0 amide bonds. The van der Waals surface area contributed by atoms with Crippen LogP contribution < -0.4 is 10.4 Å². The average Bonchev–Trinajstić information content (AvgIpc) is 2.65. The summed E-state index contributed by atoms with van der Waals surface area (Å²) in [6, 6.07) is 21.0. The van der Waals surface area contributed by atoms with Gasteiger partial charge in [0.15, 0.2) is 0 Å². The van der Waals surface area contributed by atoms with Crippen LogP contribution in [0, 0.1) is 0 Å². The van der Waals surface area contributed by atoms with E-state index in [-0.39, 0.29) is 11.0 Å². The van der Waals surface area contributed by atoms with E-state index in [9.17, 15) is 4.79 Å². The minimum Gasteiger partial charge on any atom is -0.540 e. The molecule has 2 rings (SSSR count). The number of benzene rings is 2. The minimum atomic E-state index is -2.54. The number of hydrogen-bond acceptors (Lipinski definition) is 3. The van der Waals surface area contributed by atoms with Crippen molar-refractivity contribution in [2.75, 3.05) is 7.11 Å². The normalized spacial score (nSPS) is 12.2. The predicted molar refractivity (Wildman–Crippen MR) is 109 cm³/mol. The first kappa shape index (κ1) is 20.0. The smallest absolute Gasteiger partial charge is 0.319 e. The molecule has 0 radical (unpaired) electrons. The number of rotatable bonds is 7. The number of esters is 1. The SMILES string of the molecule is COC(=O)CC/C=C\O[Si](c1ccccc1)(c1ccccc1)C(C)(C)C. The van der Waals surface area contributed by atoms with E-state index in [2.05, 4.69) is 74.0 Å². The summed E-state index contributed by atoms with van der Waals surface area (Å²) in [4.78, 5) is 11.3. The van der Waals surface area contributed by atoms with E-state index in [1.54, 1.807) is 6.26 Å². The molecule has 2 aromatic carbocycles. The summed E-state index contributed by atoms with van der Waals surface area (Å²) in [6.45, 7) is 6.71. The molecule has 0 aromatic heterocycles. The summed E-state index contributed by atoms with van der Waals surface area (Å²) in [5.41, 5.74) is 0. The van der Waals surface area contributed by atoms with E-state index < -0.39 is 8.32 Å². The number of allylic oxidation sites excluding steroid dienone is 1. The Morgan fingerprint density at radius 1 is 0.962 bits per heavy atom. The van der Waals surface area contributed by atoms with Crippen LogP contribution in [0.3, 0.4) is 0 Å². The lowest BCUT2D eigenvalue weighted by Crippen LogP contribution is -2.65. The molecule has 0 heterocycles. The highest BCUT2D eigenvalue weighted by atomic mass is 28.4. The molecular formula is C22H28O3Si. The van der Waals surface area contributed by atoms with Gasteiger partial charge in [-0.3, -0.25) is 4.79 Å². The lowest BCUT2D eigenvalue weighted by molar-refractivity contribution is -0.140. The van der Waals surface area contributed by atoms with Crippen LogP contribution in [0.15, 0.2) is 73.0 Å². The van der Waals surface area contributed by atoms with Crippen LogP contribution in [0.5, 0.6) is 0 Å². The molecule has 0 unspecified atom stereocenters. The van der Waals surface area contributed by atoms with Crippen LogP contribution in [-0.4, -0.2) is 21.4 Å². The van der Waals surface area contributed by atoms with Gasteiger partial charge in [-0.2, -0.15) is 0 Å². The van der Waals surface area contributed by atoms with Gasteiger partial charge < -0.3 is 9.16 Å². The van der Waals surface area contributed by atoms with Crippen molar-refractivity contribution in [3.8, 4) is 0 Å². The van der Waals surface area contributed by atoms with E-state index in [4.69, 9.17) is 4.43 Å². The van der Waals surface area contributed by atoms with Crippen LogP contribution >= 0.6 is 0 Å². The number of carbonyl (C=O) groups is 1. The maximum Gasteiger partial charge on any atom is 0.319 e. The summed E-state index contributed by atoms with van der Waals surface area (Å²) < 4.78 is 11.3. The Morgan fingerprint density at radius 3 is 1.88 bits per heavy atom. The molecular weight excluding hydrogens is 340 g/mol. The van der Waals surface area contributed by atoms with Crippen LogP contribution in [0.2, 0.25) is 5.04 Å². The van der Waals surface area contributed by atoms with Gasteiger partial charge >= 0.3 is 14.3 Å². The fraction of sp³-hybridized carbons (Fsp3) is 0.318. The average molecular weight is 369 g/mol. The van der Waals surface area contributed by atoms with Gasteiger partial charge in [0.1, 0.15) is 0 Å². The highest BCUT2D eigenvalue weighted by Crippen LogP contribution is 2.36. The van der Waals surface area contributed by atoms with Crippen molar-refractivity contribution >= 4 is 24.7 Å². The predicted octanol–water partition coefficient (Wildman–Crippen LogP) is 4.03. The third kappa shape index (κ3) is 4.44. The van der Waals surface area contributed by atoms with Crippen molar-refractivity contribution in [1.82, 2.24) is 0 Å². The molecule has 0 saturated heterocycles. The highest BCUT2D eigenvalue weighted by Gasteiger charge is 2.51. The quantitative estimate of drug-likeness (QED) is 0.420. The summed E-state index contributed by atoms with van der Waals surface area (Å²) in [6.07, 6.45) is 4.65. The number of hydrogen-bond donors (Lipinski definition) is 0. The molecule has 0 fully saturated rings. The molecule has 0 spiro atoms. The van der Waals surface area contributed by atoms with Crippen LogP contribution in [0.4, 0.5) is 0 Å². The van der Waals surface area contributed by atoms with Crippen molar-refractivity contribution in [2.45, 2.75) is 38.7 Å². The van der Waals surface area contributed by atoms with Crippen molar-refractivity contribution in [1.29, 1.82) is 0 Å². The summed E-state index contributed by atoms with van der Waals surface area (Å²) in [5, 5.41) is 2.40. The minimum absolute atomic E-state index is 0.0671. The second-order valence-corrected chi connectivity index (χ2v) is 11.5. The third-order valence-electron chi connectivity index (χ3n) is 4.50. The fourth-order valence-electron chi connectivity index (χ4n) is 3.21. The van der Waals surface area contributed by atoms with E-state index in [0.29, 0.717) is 12.8 Å². The zero-order chi connectivity index (χ0) is 19.0. The van der Waals surface area contributed by atoms with Gasteiger partial charge in [0.05, 0.1) is 13.4 Å². The first-order chi connectivity index (χ1) is 12.4. The monoisotopic (exact) mass is 368 g/mol. The second kappa shape index (κ2) is 8.85. The summed E-state index contributed by atoms with van der Waals surface area (Å²) in [5.74, 6) is -0.208. The number of methoxy groups -OCH3 is 1. The van der Waals surface area contributed by atoms with E-state index >= 15 is 0 Å². The number of ether oxygens (including phenoxy) is 1. The molecule has 0 aliphatic heterocycles. The lowest BCUT2D eigenvalue weighted by Gasteiger charge is -2.41. The molecule has 0 saturated carbocycles. The van der Waals surface area contributed by atoms with Gasteiger partial charge in [0.2, 0.25) is 0 Å². The Labute approximate surface area is 157 Å². The maximum absolute atomic E-state index is 11.3. The lowest BCUT2D eigenvalue weighted by atomic mass is 10.2. The first-order valence-corrected chi connectivity index (χ1v) is 10.8. The highest BCUT2D eigenvalue weighted by molar-refractivity contribution is 6.99. The van der Waals surface area contributed by atoms with Gasteiger partial charge in [-0.1, -0.05) is 87.5 Å². The summed E-state index contributed by atoms with van der Waals surface area (Å²) in [7, 11) is -1.13. The molecule has 0 aliphatic rings. The number of carbonyl (C=O) groups excluding carboxylic acids is 1. The Bertz CT molecular complexity index is 679. The third-order valence-corrected chi connectivity index (χ3v) is 9.40. The van der Waals surface area contributed by atoms with E-state index in [0.717, 1.165) is 0 Å². The van der Waals surface area contributed by atoms with Crippen LogP contribution in [0.25, 0.3) is 0 Å². The Morgan fingerprint density at radius 2 is 1.46 bits per heavy atom. The molecule has 4 heteroatoms. The second-order valence-electron chi connectivity index (χ2n) is 7.27. The van der Waals surface area contributed by atoms with E-state index in [1.807, 2.05) is 18.2 Å². The molecule has 0 N–H and O–H groups in total. The fourth-order valence-corrected chi connectivity index (χ4v) is 7.53. The van der Waals surface area contributed by atoms with Crippen LogP contribution in [-0.2, 0) is 14.0 Å². The molecule has 3 nitrogen and oxygen atoms in total. The first-order valence-electron chi connectivity index (χ1n) is 8.92. The molecule has 0 atom stereocenters. The molecule has 0 aliphatic carbocycles. The standard InChI is InChI=1S/C22H28O3Si/c1-22(2,3)26(19-13-7-5-8-14-19,20-15-9-6-10-16-20)25-18-12-11-17-21(23)24-4/h5-10,12-16,18H,11,17H2,1-4H3/b18-12-. The Balaban J connectivity index is 2.41. The van der Waals surface area contributed by atoms with E-state index in [1.165, 1.54) is 17.5 Å². The molecule has 26 heavy (non-hydrogen) atoms. The zero-order valence-corrected chi connectivity index (χ0v) is 17.1. The van der Waals surface area contributed by atoms with Gasteiger partial charge in [0.25, 0.3) is 0 Å². The molecule has 138 valence electrons. The van der Waals surface area contributed by atoms with Gasteiger partial charge in [-0.25, -0.2) is 0 Å². The van der Waals surface area contributed by atoms with Crippen molar-refractivity contribution in [2.24, 2.45) is 0 Å². The van der Waals surface area contributed by atoms with Crippen molar-refractivity contribution in [3.05, 3.63) is 73.0 Å². The van der Waals surface area contributed by atoms with Crippen LogP contribution in [0.1, 0.15) is 33.6 Å². The summed E-state index contributed by atoms with van der Waals surface area (Å²) >= 11 is 0. The topological polar surface area (TPSA) is 35.5 Å². The molecule has 2 aromatic rings. The van der Waals surface area contributed by atoms with Gasteiger partial charge in [-0.05, 0) is 21.8 Å².